The first kappa shape index (κ1) is 15.0. The highest BCUT2D eigenvalue weighted by atomic mass is 15.3. The second-order valence-electron chi connectivity index (χ2n) is 6.80. The van der Waals surface area contributed by atoms with Gasteiger partial charge in [0.15, 0.2) is 0 Å². The van der Waals surface area contributed by atoms with E-state index in [0.717, 1.165) is 13.1 Å². The van der Waals surface area contributed by atoms with Crippen molar-refractivity contribution in [2.24, 2.45) is 0 Å². The largest absolute Gasteiger partial charge is 0.310 e. The Hall–Kier alpha value is -0.870. The molecule has 3 rings (SSSR count). The average molecular weight is 290 g/mol. The highest BCUT2D eigenvalue weighted by Crippen LogP contribution is 2.28. The van der Waals surface area contributed by atoms with Crippen LogP contribution in [0.5, 0.6) is 0 Å². The molecule has 1 aliphatic heterocycles. The highest BCUT2D eigenvalue weighted by Gasteiger charge is 2.18. The zero-order valence-electron chi connectivity index (χ0n) is 13.4. The van der Waals surface area contributed by atoms with Crippen LogP contribution in [0.3, 0.4) is 0 Å². The van der Waals surface area contributed by atoms with Crippen molar-refractivity contribution >= 4 is 0 Å². The zero-order chi connectivity index (χ0) is 14.5. The molecule has 0 radical (unpaired) electrons. The van der Waals surface area contributed by atoms with Gasteiger partial charge in [0.05, 0.1) is 11.7 Å². The number of nitrogens with one attached hydrogen (secondary N) is 1. The van der Waals surface area contributed by atoms with Gasteiger partial charge >= 0.3 is 0 Å². The number of rotatable bonds is 6. The van der Waals surface area contributed by atoms with Gasteiger partial charge < -0.3 is 5.32 Å². The van der Waals surface area contributed by atoms with Gasteiger partial charge in [0, 0.05) is 25.3 Å². The Morgan fingerprint density at radius 1 is 1.19 bits per heavy atom. The molecule has 1 saturated carbocycles. The molecule has 4 nitrogen and oxygen atoms in total. The van der Waals surface area contributed by atoms with Crippen LogP contribution in [0.25, 0.3) is 0 Å². The lowest BCUT2D eigenvalue weighted by molar-refractivity contribution is 0.170. The molecule has 4 heteroatoms. The number of aromatic nitrogens is 2. The average Bonchev–Trinajstić information content (AvgIpc) is 3.19. The molecule has 1 aliphatic carbocycles. The molecule has 2 aliphatic rings. The van der Waals surface area contributed by atoms with Gasteiger partial charge in [0.2, 0.25) is 0 Å². The van der Waals surface area contributed by atoms with Crippen LogP contribution >= 0.6 is 0 Å². The summed E-state index contributed by atoms with van der Waals surface area (Å²) in [5.41, 5.74) is 1.19. The van der Waals surface area contributed by atoms with Crippen molar-refractivity contribution in [3.8, 4) is 0 Å². The first-order valence-electron chi connectivity index (χ1n) is 8.82. The topological polar surface area (TPSA) is 33.1 Å². The van der Waals surface area contributed by atoms with Crippen molar-refractivity contribution in [1.29, 1.82) is 0 Å². The Balaban J connectivity index is 1.40. The lowest BCUT2D eigenvalue weighted by Gasteiger charge is -2.32. The standard InChI is InChI=1S/C17H30N4/c1-15(20-10-5-2-6-11-20)13-18-14-16-9-12-21(19-16)17-7-3-4-8-17/h9,12,15,17-18H,2-8,10-11,13-14H2,1H3. The predicted molar refractivity (Wildman–Crippen MR) is 86.3 cm³/mol. The van der Waals surface area contributed by atoms with E-state index in [1.807, 2.05) is 0 Å². The van der Waals surface area contributed by atoms with E-state index in [9.17, 15) is 0 Å². The van der Waals surface area contributed by atoms with Crippen LogP contribution in [0.4, 0.5) is 0 Å². The van der Waals surface area contributed by atoms with Crippen LogP contribution in [-0.4, -0.2) is 40.4 Å². The monoisotopic (exact) mass is 290 g/mol. The van der Waals surface area contributed by atoms with E-state index in [-0.39, 0.29) is 0 Å². The fraction of sp³-hybridized carbons (Fsp3) is 0.824. The lowest BCUT2D eigenvalue weighted by atomic mass is 10.1. The molecule has 2 heterocycles. The number of likely N-dealkylation sites (tertiary alicyclic amines) is 1. The summed E-state index contributed by atoms with van der Waals surface area (Å²) >= 11 is 0. The first-order chi connectivity index (χ1) is 10.3. The van der Waals surface area contributed by atoms with Gasteiger partial charge in [-0.25, -0.2) is 0 Å². The molecular formula is C17H30N4. The molecule has 0 amide bonds. The van der Waals surface area contributed by atoms with Crippen LogP contribution in [0.2, 0.25) is 0 Å². The molecule has 1 N–H and O–H groups in total. The van der Waals surface area contributed by atoms with E-state index in [0.29, 0.717) is 12.1 Å². The molecule has 2 fully saturated rings. The molecule has 21 heavy (non-hydrogen) atoms. The summed E-state index contributed by atoms with van der Waals surface area (Å²) in [5, 5.41) is 8.33. The maximum absolute atomic E-state index is 4.74. The molecule has 1 saturated heterocycles. The van der Waals surface area contributed by atoms with E-state index < -0.39 is 0 Å². The third-order valence-electron chi connectivity index (χ3n) is 5.12. The van der Waals surface area contributed by atoms with Gasteiger partial charge in [-0.05, 0) is 51.8 Å². The molecule has 0 aromatic carbocycles. The number of piperidine rings is 1. The van der Waals surface area contributed by atoms with Gasteiger partial charge in [-0.15, -0.1) is 0 Å². The Morgan fingerprint density at radius 3 is 2.71 bits per heavy atom. The summed E-state index contributed by atoms with van der Waals surface area (Å²) in [6, 6.07) is 3.48. The Bertz CT molecular complexity index is 416. The van der Waals surface area contributed by atoms with Crippen LogP contribution in [0, 0.1) is 0 Å². The maximum atomic E-state index is 4.74. The Labute approximate surface area is 128 Å². The number of hydrogen-bond donors (Lipinski definition) is 1. The van der Waals surface area contributed by atoms with Gasteiger partial charge in [0.1, 0.15) is 0 Å². The van der Waals surface area contributed by atoms with Crippen molar-refractivity contribution in [3.63, 3.8) is 0 Å². The summed E-state index contributed by atoms with van der Waals surface area (Å²) in [6.45, 7) is 6.86. The van der Waals surface area contributed by atoms with Crippen molar-refractivity contribution < 1.29 is 0 Å². The van der Waals surface area contributed by atoms with Gasteiger partial charge in [-0.2, -0.15) is 5.10 Å². The summed E-state index contributed by atoms with van der Waals surface area (Å²) in [7, 11) is 0. The molecule has 0 spiro atoms. The second-order valence-corrected chi connectivity index (χ2v) is 6.80. The molecule has 1 aromatic rings. The van der Waals surface area contributed by atoms with Gasteiger partial charge in [0.25, 0.3) is 0 Å². The third kappa shape index (κ3) is 4.07. The number of hydrogen-bond acceptors (Lipinski definition) is 3. The maximum Gasteiger partial charge on any atom is 0.0762 e. The normalized spacial score (nSPS) is 22.7. The van der Waals surface area contributed by atoms with E-state index >= 15 is 0 Å². The second kappa shape index (κ2) is 7.41. The van der Waals surface area contributed by atoms with Crippen molar-refractivity contribution in [1.82, 2.24) is 20.0 Å². The highest BCUT2D eigenvalue weighted by molar-refractivity contribution is 5.00. The Morgan fingerprint density at radius 2 is 1.95 bits per heavy atom. The van der Waals surface area contributed by atoms with Gasteiger partial charge in [-0.3, -0.25) is 9.58 Å². The molecular weight excluding hydrogens is 260 g/mol. The fourth-order valence-corrected chi connectivity index (χ4v) is 3.74. The van der Waals surface area contributed by atoms with Crippen molar-refractivity contribution in [3.05, 3.63) is 18.0 Å². The Kier molecular flexibility index (Phi) is 5.31. The van der Waals surface area contributed by atoms with Crippen molar-refractivity contribution in [2.75, 3.05) is 19.6 Å². The molecule has 0 bridgehead atoms. The minimum Gasteiger partial charge on any atom is -0.310 e. The lowest BCUT2D eigenvalue weighted by Crippen LogP contribution is -2.43. The van der Waals surface area contributed by atoms with E-state index in [2.05, 4.69) is 34.1 Å². The zero-order valence-corrected chi connectivity index (χ0v) is 13.4. The summed E-state index contributed by atoms with van der Waals surface area (Å²) in [6.07, 6.45) is 11.7. The van der Waals surface area contributed by atoms with E-state index in [1.165, 1.54) is 63.7 Å². The summed E-state index contributed by atoms with van der Waals surface area (Å²) in [5.74, 6) is 0. The van der Waals surface area contributed by atoms with Crippen LogP contribution in [0.1, 0.15) is 63.6 Å². The van der Waals surface area contributed by atoms with Gasteiger partial charge in [-0.1, -0.05) is 19.3 Å². The number of nitrogens with zero attached hydrogens (tertiary/aromatic N) is 3. The minimum atomic E-state index is 0.641. The summed E-state index contributed by atoms with van der Waals surface area (Å²) in [4.78, 5) is 2.62. The van der Waals surface area contributed by atoms with E-state index in [1.54, 1.807) is 0 Å². The minimum absolute atomic E-state index is 0.641. The SMILES string of the molecule is CC(CNCc1ccn(C2CCCC2)n1)N1CCCCC1. The molecule has 118 valence electrons. The van der Waals surface area contributed by atoms with E-state index in [4.69, 9.17) is 5.10 Å². The van der Waals surface area contributed by atoms with Crippen LogP contribution < -0.4 is 5.32 Å². The van der Waals surface area contributed by atoms with Crippen LogP contribution in [-0.2, 0) is 6.54 Å². The van der Waals surface area contributed by atoms with Crippen molar-refractivity contribution in [2.45, 2.75) is 70.5 Å². The molecule has 1 aromatic heterocycles. The predicted octanol–water partition coefficient (Wildman–Crippen LogP) is 2.96. The molecule has 1 atom stereocenters. The summed E-state index contributed by atoms with van der Waals surface area (Å²) < 4.78 is 2.19. The molecule has 1 unspecified atom stereocenters. The first-order valence-corrected chi connectivity index (χ1v) is 8.82. The quantitative estimate of drug-likeness (QED) is 0.874. The third-order valence-corrected chi connectivity index (χ3v) is 5.12. The fourth-order valence-electron chi connectivity index (χ4n) is 3.74. The smallest absolute Gasteiger partial charge is 0.0762 e. The van der Waals surface area contributed by atoms with Crippen LogP contribution in [0.15, 0.2) is 12.3 Å².